The Morgan fingerprint density at radius 1 is 0.909 bits per heavy atom. The van der Waals surface area contributed by atoms with Gasteiger partial charge in [-0.2, -0.15) is 0 Å². The van der Waals surface area contributed by atoms with Gasteiger partial charge in [-0.1, -0.05) is 18.9 Å². The summed E-state index contributed by atoms with van der Waals surface area (Å²) in [7, 11) is 4.84. The fourth-order valence-corrected chi connectivity index (χ4v) is 4.98. The van der Waals surface area contributed by atoms with Crippen molar-refractivity contribution in [2.45, 2.75) is 50.5 Å². The van der Waals surface area contributed by atoms with Crippen LogP contribution in [-0.2, 0) is 4.79 Å². The van der Waals surface area contributed by atoms with Gasteiger partial charge in [0.2, 0.25) is 5.91 Å². The van der Waals surface area contributed by atoms with Crippen molar-refractivity contribution in [3.05, 3.63) is 47.5 Å². The number of nitrogens with one attached hydrogen (secondary N) is 1. The van der Waals surface area contributed by atoms with Crippen LogP contribution in [0.4, 0.5) is 5.69 Å². The van der Waals surface area contributed by atoms with Crippen molar-refractivity contribution in [2.24, 2.45) is 0 Å². The number of hydrogen-bond donors (Lipinski definition) is 1. The molecule has 1 heterocycles. The number of nitrogens with zero attached hydrogens (tertiary/aromatic N) is 1. The number of ether oxygens (including phenoxy) is 3. The Bertz CT molecular complexity index is 1020. The number of carbonyl (C=O) groups is 2. The van der Waals surface area contributed by atoms with E-state index in [4.69, 9.17) is 14.2 Å². The van der Waals surface area contributed by atoms with Crippen molar-refractivity contribution in [3.8, 4) is 17.2 Å². The molecule has 1 N–H and O–H groups in total. The third kappa shape index (κ3) is 4.77. The van der Waals surface area contributed by atoms with Gasteiger partial charge in [0.05, 0.1) is 27.0 Å². The van der Waals surface area contributed by atoms with Crippen molar-refractivity contribution in [1.82, 2.24) is 5.32 Å². The van der Waals surface area contributed by atoms with E-state index in [1.54, 1.807) is 44.4 Å². The normalized spacial score (nSPS) is 20.5. The third-order valence-electron chi connectivity index (χ3n) is 6.72. The molecule has 2 fully saturated rings. The van der Waals surface area contributed by atoms with E-state index < -0.39 is 0 Å². The van der Waals surface area contributed by atoms with E-state index in [1.165, 1.54) is 0 Å². The molecule has 176 valence electrons. The van der Waals surface area contributed by atoms with Crippen molar-refractivity contribution in [2.75, 3.05) is 32.8 Å². The minimum atomic E-state index is -0.136. The lowest BCUT2D eigenvalue weighted by Crippen LogP contribution is -2.41. The first-order chi connectivity index (χ1) is 16.0. The van der Waals surface area contributed by atoms with E-state index >= 15 is 0 Å². The van der Waals surface area contributed by atoms with E-state index in [9.17, 15) is 9.59 Å². The van der Waals surface area contributed by atoms with Gasteiger partial charge in [-0.15, -0.1) is 0 Å². The first kappa shape index (κ1) is 23.0. The first-order valence-electron chi connectivity index (χ1n) is 11.6. The summed E-state index contributed by atoms with van der Waals surface area (Å²) in [4.78, 5) is 27.3. The summed E-state index contributed by atoms with van der Waals surface area (Å²) >= 11 is 0. The number of methoxy groups -OCH3 is 3. The molecule has 2 atom stereocenters. The number of benzene rings is 2. The summed E-state index contributed by atoms with van der Waals surface area (Å²) in [6, 6.07) is 11.3. The molecule has 0 spiro atoms. The van der Waals surface area contributed by atoms with Crippen molar-refractivity contribution in [1.29, 1.82) is 0 Å². The summed E-state index contributed by atoms with van der Waals surface area (Å²) in [5.74, 6) is 2.11. The average molecular weight is 453 g/mol. The molecule has 0 aromatic heterocycles. The van der Waals surface area contributed by atoms with Gasteiger partial charge in [-0.25, -0.2) is 0 Å². The highest BCUT2D eigenvalue weighted by atomic mass is 16.5. The molecule has 2 aliphatic rings. The highest BCUT2D eigenvalue weighted by Gasteiger charge is 2.30. The predicted molar refractivity (Wildman–Crippen MR) is 127 cm³/mol. The topological polar surface area (TPSA) is 77.1 Å². The lowest BCUT2D eigenvalue weighted by atomic mass is 9.79. The van der Waals surface area contributed by atoms with Gasteiger partial charge in [0.15, 0.2) is 11.5 Å². The smallest absolute Gasteiger partial charge is 0.251 e. The molecule has 0 radical (unpaired) electrons. The lowest BCUT2D eigenvalue weighted by molar-refractivity contribution is -0.117. The van der Waals surface area contributed by atoms with Gasteiger partial charge >= 0.3 is 0 Å². The number of hydrogen-bond acceptors (Lipinski definition) is 5. The molecule has 1 aliphatic carbocycles. The molecule has 2 unspecified atom stereocenters. The van der Waals surface area contributed by atoms with E-state index in [0.29, 0.717) is 41.5 Å². The standard InChI is InChI=1S/C26H32N2O5/c1-31-22-12-11-18(15-21(22)28-14-6-9-25(28)29)26(30)27-20-8-5-4-7-19(20)17-10-13-23(32-2)24(16-17)33-3/h10-13,15-16,19-20H,4-9,14H2,1-3H3,(H,27,30). The Balaban J connectivity index is 1.56. The molecule has 2 amide bonds. The molecule has 2 aromatic carbocycles. The van der Waals surface area contributed by atoms with Crippen LogP contribution in [0, 0.1) is 0 Å². The van der Waals surface area contributed by atoms with Crippen LogP contribution in [0.2, 0.25) is 0 Å². The third-order valence-corrected chi connectivity index (χ3v) is 6.72. The molecule has 33 heavy (non-hydrogen) atoms. The Morgan fingerprint density at radius 2 is 1.64 bits per heavy atom. The zero-order chi connectivity index (χ0) is 23.4. The minimum Gasteiger partial charge on any atom is -0.495 e. The number of amides is 2. The minimum absolute atomic E-state index is 0.0170. The quantitative estimate of drug-likeness (QED) is 0.678. The van der Waals surface area contributed by atoms with Gasteiger partial charge in [0, 0.05) is 30.5 Å². The molecular formula is C26H32N2O5. The second-order valence-electron chi connectivity index (χ2n) is 8.62. The van der Waals surface area contributed by atoms with Crippen LogP contribution in [0.25, 0.3) is 0 Å². The number of anilines is 1. The van der Waals surface area contributed by atoms with Gasteiger partial charge in [0.25, 0.3) is 5.91 Å². The molecule has 2 aromatic rings. The van der Waals surface area contributed by atoms with E-state index in [0.717, 1.165) is 37.7 Å². The molecule has 7 nitrogen and oxygen atoms in total. The summed E-state index contributed by atoms with van der Waals surface area (Å²) in [6.45, 7) is 0.643. The average Bonchev–Trinajstić information content (AvgIpc) is 3.29. The molecular weight excluding hydrogens is 420 g/mol. The first-order valence-corrected chi connectivity index (χ1v) is 11.6. The van der Waals surface area contributed by atoms with Gasteiger partial charge in [0.1, 0.15) is 5.75 Å². The Labute approximate surface area is 195 Å². The Kier molecular flexibility index (Phi) is 7.06. The van der Waals surface area contributed by atoms with Crippen LogP contribution >= 0.6 is 0 Å². The van der Waals surface area contributed by atoms with Crippen LogP contribution in [-0.4, -0.2) is 45.7 Å². The Hall–Kier alpha value is -3.22. The van der Waals surface area contributed by atoms with Crippen LogP contribution in [0.5, 0.6) is 17.2 Å². The molecule has 7 heteroatoms. The maximum absolute atomic E-state index is 13.3. The monoisotopic (exact) mass is 452 g/mol. The highest BCUT2D eigenvalue weighted by molar-refractivity contribution is 6.00. The largest absolute Gasteiger partial charge is 0.495 e. The van der Waals surface area contributed by atoms with E-state index in [-0.39, 0.29) is 23.8 Å². The second-order valence-corrected chi connectivity index (χ2v) is 8.62. The molecule has 1 saturated carbocycles. The lowest BCUT2D eigenvalue weighted by Gasteiger charge is -2.33. The summed E-state index contributed by atoms with van der Waals surface area (Å²) in [5.41, 5.74) is 2.32. The zero-order valence-electron chi connectivity index (χ0n) is 19.6. The van der Waals surface area contributed by atoms with Crippen LogP contribution in [0.1, 0.15) is 60.4 Å². The van der Waals surface area contributed by atoms with Gasteiger partial charge < -0.3 is 24.4 Å². The molecule has 1 aliphatic heterocycles. The highest BCUT2D eigenvalue weighted by Crippen LogP contribution is 2.38. The maximum atomic E-state index is 13.3. The second kappa shape index (κ2) is 10.1. The van der Waals surface area contributed by atoms with Gasteiger partial charge in [-0.05, 0) is 55.2 Å². The maximum Gasteiger partial charge on any atom is 0.251 e. The summed E-state index contributed by atoms with van der Waals surface area (Å²) in [5, 5.41) is 3.26. The summed E-state index contributed by atoms with van der Waals surface area (Å²) < 4.78 is 16.3. The van der Waals surface area contributed by atoms with E-state index in [2.05, 4.69) is 11.4 Å². The van der Waals surface area contributed by atoms with E-state index in [1.807, 2.05) is 12.1 Å². The number of carbonyl (C=O) groups excluding carboxylic acids is 2. The SMILES string of the molecule is COc1ccc(C2CCCCC2NC(=O)c2ccc(OC)c(N3CCCC3=O)c2)cc1OC. The van der Waals surface area contributed by atoms with Crippen LogP contribution in [0.15, 0.2) is 36.4 Å². The van der Waals surface area contributed by atoms with Crippen molar-refractivity contribution >= 4 is 17.5 Å². The van der Waals surface area contributed by atoms with Gasteiger partial charge in [-0.3, -0.25) is 9.59 Å². The Morgan fingerprint density at radius 3 is 2.33 bits per heavy atom. The fourth-order valence-electron chi connectivity index (χ4n) is 4.98. The number of rotatable bonds is 7. The van der Waals surface area contributed by atoms with Crippen molar-refractivity contribution in [3.63, 3.8) is 0 Å². The van der Waals surface area contributed by atoms with Crippen LogP contribution in [0.3, 0.4) is 0 Å². The van der Waals surface area contributed by atoms with Crippen LogP contribution < -0.4 is 24.4 Å². The molecule has 1 saturated heterocycles. The fraction of sp³-hybridized carbons (Fsp3) is 0.462. The van der Waals surface area contributed by atoms with Crippen molar-refractivity contribution < 1.29 is 23.8 Å². The predicted octanol–water partition coefficient (Wildman–Crippen LogP) is 4.30. The summed E-state index contributed by atoms with van der Waals surface area (Å²) in [6.07, 6.45) is 5.44. The molecule has 0 bridgehead atoms. The molecule has 4 rings (SSSR count). The zero-order valence-corrected chi connectivity index (χ0v) is 19.6.